The first-order valence-electron chi connectivity index (χ1n) is 5.15. The molecule has 0 radical (unpaired) electrons. The molecule has 1 heterocycles. The lowest BCUT2D eigenvalue weighted by molar-refractivity contribution is 0.266. The van der Waals surface area contributed by atoms with Crippen LogP contribution in [0.2, 0.25) is 0 Å². The molecule has 0 aliphatic carbocycles. The Morgan fingerprint density at radius 1 is 1.31 bits per heavy atom. The molecule has 2 aromatic rings. The summed E-state index contributed by atoms with van der Waals surface area (Å²) >= 11 is 0. The molecule has 0 bridgehead atoms. The van der Waals surface area contributed by atoms with Crippen molar-refractivity contribution >= 4 is 10.8 Å². The van der Waals surface area contributed by atoms with Gasteiger partial charge in [-0.1, -0.05) is 6.07 Å². The molecule has 2 rings (SSSR count). The van der Waals surface area contributed by atoms with Crippen LogP contribution in [0.15, 0.2) is 30.5 Å². The highest BCUT2D eigenvalue weighted by Gasteiger charge is 2.13. The Morgan fingerprint density at radius 2 is 2.12 bits per heavy atom. The summed E-state index contributed by atoms with van der Waals surface area (Å²) in [5.41, 5.74) is 6.32. The molecule has 0 fully saturated rings. The first-order chi connectivity index (χ1) is 7.76. The molecule has 16 heavy (non-hydrogen) atoms. The van der Waals surface area contributed by atoms with Crippen molar-refractivity contribution in [2.45, 2.75) is 5.92 Å². The number of rotatable bonds is 3. The van der Waals surface area contributed by atoms with Crippen molar-refractivity contribution in [2.75, 3.05) is 13.2 Å². The Morgan fingerprint density at radius 3 is 2.81 bits per heavy atom. The van der Waals surface area contributed by atoms with Crippen molar-refractivity contribution in [3.63, 3.8) is 0 Å². The van der Waals surface area contributed by atoms with Crippen LogP contribution in [0.5, 0.6) is 5.75 Å². The van der Waals surface area contributed by atoms with Crippen LogP contribution in [-0.2, 0) is 0 Å². The largest absolute Gasteiger partial charge is 0.508 e. The molecule has 0 amide bonds. The van der Waals surface area contributed by atoms with Gasteiger partial charge in [0.2, 0.25) is 0 Å². The van der Waals surface area contributed by atoms with Crippen molar-refractivity contribution in [1.29, 1.82) is 0 Å². The molecule has 0 spiro atoms. The monoisotopic (exact) mass is 218 g/mol. The molecule has 1 aromatic carbocycles. The molecule has 0 aliphatic heterocycles. The van der Waals surface area contributed by atoms with Crippen molar-refractivity contribution in [3.05, 3.63) is 36.2 Å². The van der Waals surface area contributed by atoms with E-state index in [2.05, 4.69) is 4.98 Å². The van der Waals surface area contributed by atoms with Crippen LogP contribution in [-0.4, -0.2) is 28.3 Å². The third-order valence-electron chi connectivity index (χ3n) is 2.67. The average molecular weight is 218 g/mol. The van der Waals surface area contributed by atoms with Crippen LogP contribution >= 0.6 is 0 Å². The van der Waals surface area contributed by atoms with Gasteiger partial charge in [-0.2, -0.15) is 0 Å². The highest BCUT2D eigenvalue weighted by Crippen LogP contribution is 2.26. The first kappa shape index (κ1) is 10.9. The third-order valence-corrected chi connectivity index (χ3v) is 2.67. The van der Waals surface area contributed by atoms with E-state index in [1.807, 2.05) is 12.1 Å². The second-order valence-corrected chi connectivity index (χ2v) is 3.72. The lowest BCUT2D eigenvalue weighted by Crippen LogP contribution is -2.17. The zero-order valence-electron chi connectivity index (χ0n) is 8.80. The van der Waals surface area contributed by atoms with E-state index in [4.69, 9.17) is 5.73 Å². The van der Waals surface area contributed by atoms with Crippen molar-refractivity contribution in [2.24, 2.45) is 5.73 Å². The molecule has 1 aromatic heterocycles. The van der Waals surface area contributed by atoms with Gasteiger partial charge in [-0.05, 0) is 23.6 Å². The van der Waals surface area contributed by atoms with E-state index in [-0.39, 0.29) is 18.3 Å². The van der Waals surface area contributed by atoms with E-state index in [0.717, 1.165) is 16.5 Å². The summed E-state index contributed by atoms with van der Waals surface area (Å²) in [5.74, 6) is 0.000890. The van der Waals surface area contributed by atoms with Crippen LogP contribution < -0.4 is 5.73 Å². The van der Waals surface area contributed by atoms with Crippen molar-refractivity contribution < 1.29 is 10.2 Å². The minimum atomic E-state index is -0.189. The molecule has 1 unspecified atom stereocenters. The maximum Gasteiger partial charge on any atom is 0.116 e. The number of aromatic nitrogens is 1. The number of aliphatic hydroxyl groups is 1. The Labute approximate surface area is 93.4 Å². The van der Waals surface area contributed by atoms with E-state index >= 15 is 0 Å². The SMILES string of the molecule is NCC(CO)c1nccc2ccc(O)cc12. The lowest BCUT2D eigenvalue weighted by Gasteiger charge is -2.13. The normalized spacial score (nSPS) is 12.9. The van der Waals surface area contributed by atoms with Gasteiger partial charge in [0.05, 0.1) is 12.3 Å². The fourth-order valence-electron chi connectivity index (χ4n) is 1.78. The van der Waals surface area contributed by atoms with Crippen LogP contribution in [0.4, 0.5) is 0 Å². The van der Waals surface area contributed by atoms with Crippen molar-refractivity contribution in [1.82, 2.24) is 4.98 Å². The second kappa shape index (κ2) is 4.47. The predicted octanol–water partition coefficient (Wildman–Crippen LogP) is 0.975. The van der Waals surface area contributed by atoms with Gasteiger partial charge >= 0.3 is 0 Å². The first-order valence-corrected chi connectivity index (χ1v) is 5.15. The quantitative estimate of drug-likeness (QED) is 0.717. The van der Waals surface area contributed by atoms with Gasteiger partial charge in [-0.25, -0.2) is 0 Å². The topological polar surface area (TPSA) is 79.4 Å². The Balaban J connectivity index is 2.64. The Kier molecular flexibility index (Phi) is 3.03. The number of pyridine rings is 1. The maximum atomic E-state index is 9.46. The molecule has 4 nitrogen and oxygen atoms in total. The Hall–Kier alpha value is -1.65. The molecule has 1 atom stereocenters. The highest BCUT2D eigenvalue weighted by molar-refractivity contribution is 5.86. The summed E-state index contributed by atoms with van der Waals surface area (Å²) in [4.78, 5) is 4.24. The fourth-order valence-corrected chi connectivity index (χ4v) is 1.78. The molecule has 4 N–H and O–H groups in total. The minimum absolute atomic E-state index is 0.0434. The summed E-state index contributed by atoms with van der Waals surface area (Å²) in [6.07, 6.45) is 1.69. The molecule has 0 saturated heterocycles. The van der Waals surface area contributed by atoms with Crippen molar-refractivity contribution in [3.8, 4) is 5.75 Å². The fraction of sp³-hybridized carbons (Fsp3) is 0.250. The van der Waals surface area contributed by atoms with E-state index < -0.39 is 0 Å². The lowest BCUT2D eigenvalue weighted by atomic mass is 10.00. The summed E-state index contributed by atoms with van der Waals surface area (Å²) in [7, 11) is 0. The van der Waals surface area contributed by atoms with Crippen LogP contribution in [0, 0.1) is 0 Å². The minimum Gasteiger partial charge on any atom is -0.508 e. The smallest absolute Gasteiger partial charge is 0.116 e. The van der Waals surface area contributed by atoms with E-state index in [9.17, 15) is 10.2 Å². The van der Waals surface area contributed by atoms with Crippen LogP contribution in [0.25, 0.3) is 10.8 Å². The number of aliphatic hydroxyl groups excluding tert-OH is 1. The average Bonchev–Trinajstić information content (AvgIpc) is 2.31. The molecule has 84 valence electrons. The number of hydrogen-bond donors (Lipinski definition) is 3. The summed E-state index contributed by atoms with van der Waals surface area (Å²) in [6.45, 7) is 0.288. The van der Waals surface area contributed by atoms with Gasteiger partial charge in [0, 0.05) is 24.0 Å². The highest BCUT2D eigenvalue weighted by atomic mass is 16.3. The number of phenolic OH excluding ortho intramolecular Hbond substituents is 1. The van der Waals surface area contributed by atoms with Gasteiger partial charge in [-0.15, -0.1) is 0 Å². The summed E-state index contributed by atoms with van der Waals surface area (Å²) in [5, 5.41) is 20.5. The van der Waals surface area contributed by atoms with Gasteiger partial charge in [0.15, 0.2) is 0 Å². The molecule has 0 saturated carbocycles. The van der Waals surface area contributed by atoms with Gasteiger partial charge < -0.3 is 15.9 Å². The zero-order valence-corrected chi connectivity index (χ0v) is 8.80. The molecule has 0 aliphatic rings. The molecule has 4 heteroatoms. The molecular formula is C12H14N2O2. The van der Waals surface area contributed by atoms with Gasteiger partial charge in [0.1, 0.15) is 5.75 Å². The van der Waals surface area contributed by atoms with E-state index in [1.165, 1.54) is 0 Å². The van der Waals surface area contributed by atoms with Gasteiger partial charge in [-0.3, -0.25) is 4.98 Å². The summed E-state index contributed by atoms with van der Waals surface area (Å²) < 4.78 is 0. The molecular weight excluding hydrogens is 204 g/mol. The number of hydrogen-bond acceptors (Lipinski definition) is 4. The summed E-state index contributed by atoms with van der Waals surface area (Å²) in [6, 6.07) is 6.96. The number of phenols is 1. The number of nitrogens with two attached hydrogens (primary N) is 1. The number of aromatic hydroxyl groups is 1. The van der Waals surface area contributed by atoms with E-state index in [0.29, 0.717) is 6.54 Å². The number of nitrogens with zero attached hydrogens (tertiary/aromatic N) is 1. The zero-order chi connectivity index (χ0) is 11.5. The van der Waals surface area contributed by atoms with E-state index in [1.54, 1.807) is 18.3 Å². The number of fused-ring (bicyclic) bond motifs is 1. The third kappa shape index (κ3) is 1.85. The maximum absolute atomic E-state index is 9.46. The van der Waals surface area contributed by atoms with Crippen LogP contribution in [0.1, 0.15) is 11.6 Å². The predicted molar refractivity (Wildman–Crippen MR) is 62.3 cm³/mol. The Bertz CT molecular complexity index is 495. The van der Waals surface area contributed by atoms with Crippen LogP contribution in [0.3, 0.4) is 0 Å². The number of benzene rings is 1. The second-order valence-electron chi connectivity index (χ2n) is 3.72. The van der Waals surface area contributed by atoms with Gasteiger partial charge in [0.25, 0.3) is 0 Å². The standard InChI is InChI=1S/C12H14N2O2/c13-6-9(7-15)12-11-5-10(16)2-1-8(11)3-4-14-12/h1-5,9,15-16H,6-7,13H2.